The molecule has 1 aromatic carbocycles. The number of nitrogens with zero attached hydrogens (tertiary/aromatic N) is 1. The average molecular weight is 241 g/mol. The van der Waals surface area contributed by atoms with Gasteiger partial charge in [0.25, 0.3) is 0 Å². The Labute approximate surface area is 93.9 Å². The first kappa shape index (κ1) is 12.5. The third kappa shape index (κ3) is 5.19. The van der Waals surface area contributed by atoms with Crippen LogP contribution < -0.4 is 4.52 Å². The smallest absolute Gasteiger partial charge is 0.174 e. The van der Waals surface area contributed by atoms with E-state index in [-0.39, 0.29) is 0 Å². The Bertz CT molecular complexity index is 364. The Balaban J connectivity index is 2.86. The average Bonchev–Trinajstić information content (AvgIpc) is 1.99. The number of hydrogen-bond acceptors (Lipinski definition) is 2. The van der Waals surface area contributed by atoms with E-state index in [1.165, 1.54) is 0 Å². The van der Waals surface area contributed by atoms with Crippen LogP contribution in [0.15, 0.2) is 34.7 Å². The van der Waals surface area contributed by atoms with Gasteiger partial charge in [-0.05, 0) is 31.8 Å². The van der Waals surface area contributed by atoms with Crippen molar-refractivity contribution in [1.29, 1.82) is 0 Å². The molecule has 0 aliphatic carbocycles. The molecule has 0 N–H and O–H groups in total. The van der Waals surface area contributed by atoms with Crippen LogP contribution in [0.3, 0.4) is 0 Å². The highest BCUT2D eigenvalue weighted by Gasteiger charge is 2.17. The summed E-state index contributed by atoms with van der Waals surface area (Å²) in [6, 6.07) is 9.95. The normalized spacial score (nSPS) is 12.3. The molecule has 15 heavy (non-hydrogen) atoms. The number of benzene rings is 1. The fraction of sp³-hybridized carbons (Fsp3) is 0.455. The molecule has 0 heterocycles. The van der Waals surface area contributed by atoms with Crippen LogP contribution in [0.25, 0.3) is 0 Å². The zero-order valence-corrected chi connectivity index (χ0v) is 12.1. The van der Waals surface area contributed by atoms with Gasteiger partial charge in [-0.1, -0.05) is 18.2 Å². The quantitative estimate of drug-likeness (QED) is 0.572. The van der Waals surface area contributed by atoms with E-state index >= 15 is 0 Å². The maximum absolute atomic E-state index is 5.96. The molecule has 0 aromatic heterocycles. The first-order chi connectivity index (χ1) is 6.79. The molecule has 0 aliphatic heterocycles. The SMILES string of the molecule is C[Si](C)(C)N=P(C)(C)Oc1ccccc1. The van der Waals surface area contributed by atoms with Crippen molar-refractivity contribution in [2.75, 3.05) is 13.3 Å². The van der Waals surface area contributed by atoms with Gasteiger partial charge in [-0.2, -0.15) is 0 Å². The van der Waals surface area contributed by atoms with E-state index in [0.29, 0.717) is 0 Å². The summed E-state index contributed by atoms with van der Waals surface area (Å²) in [7, 11) is -3.00. The lowest BCUT2D eigenvalue weighted by Crippen LogP contribution is -2.16. The van der Waals surface area contributed by atoms with E-state index < -0.39 is 15.5 Å². The maximum Gasteiger partial charge on any atom is 0.174 e. The van der Waals surface area contributed by atoms with Crippen molar-refractivity contribution in [2.45, 2.75) is 19.6 Å². The molecule has 2 nitrogen and oxygen atoms in total. The van der Waals surface area contributed by atoms with Gasteiger partial charge in [-0.3, -0.25) is 0 Å². The van der Waals surface area contributed by atoms with Gasteiger partial charge in [-0.15, -0.1) is 0 Å². The highest BCUT2D eigenvalue weighted by atomic mass is 31.2. The van der Waals surface area contributed by atoms with Gasteiger partial charge < -0.3 is 8.93 Å². The number of hydrogen-bond donors (Lipinski definition) is 0. The molecule has 1 rings (SSSR count). The minimum Gasteiger partial charge on any atom is -0.461 e. The highest BCUT2D eigenvalue weighted by Crippen LogP contribution is 2.44. The zero-order chi connectivity index (χ0) is 11.5. The van der Waals surface area contributed by atoms with Gasteiger partial charge in [-0.25, -0.2) is 0 Å². The summed E-state index contributed by atoms with van der Waals surface area (Å²) in [6.45, 7) is 11.0. The summed E-state index contributed by atoms with van der Waals surface area (Å²) in [4.78, 5) is 0. The van der Waals surface area contributed by atoms with Gasteiger partial charge in [0.05, 0.1) is 0 Å². The molecule has 0 bridgehead atoms. The molecule has 0 unspecified atom stereocenters. The molecule has 0 spiro atoms. The summed E-state index contributed by atoms with van der Waals surface area (Å²) in [5.41, 5.74) is 0. The molecular formula is C11H20NOPSi. The second kappa shape index (κ2) is 4.54. The fourth-order valence-corrected chi connectivity index (χ4v) is 8.06. The van der Waals surface area contributed by atoms with E-state index in [0.717, 1.165) is 5.75 Å². The predicted molar refractivity (Wildman–Crippen MR) is 71.6 cm³/mol. The molecule has 0 amide bonds. The third-order valence-electron chi connectivity index (χ3n) is 1.61. The van der Waals surface area contributed by atoms with Crippen molar-refractivity contribution >= 4 is 15.5 Å². The molecule has 84 valence electrons. The van der Waals surface area contributed by atoms with Crippen LogP contribution in [0.5, 0.6) is 5.75 Å². The molecule has 0 radical (unpaired) electrons. The second-order valence-corrected chi connectivity index (χ2v) is 12.9. The topological polar surface area (TPSA) is 21.6 Å². The van der Waals surface area contributed by atoms with Crippen LogP contribution in [-0.4, -0.2) is 21.6 Å². The minimum atomic E-state index is -1.60. The molecule has 0 aliphatic rings. The van der Waals surface area contributed by atoms with Crippen molar-refractivity contribution < 1.29 is 4.52 Å². The van der Waals surface area contributed by atoms with E-state index in [4.69, 9.17) is 8.93 Å². The van der Waals surface area contributed by atoms with Crippen molar-refractivity contribution in [2.24, 2.45) is 4.41 Å². The first-order valence-corrected chi connectivity index (χ1v) is 11.1. The minimum absolute atomic E-state index is 0.929. The van der Waals surface area contributed by atoms with Crippen LogP contribution in [0.2, 0.25) is 19.6 Å². The van der Waals surface area contributed by atoms with Crippen LogP contribution in [0, 0.1) is 0 Å². The van der Waals surface area contributed by atoms with E-state index in [1.807, 2.05) is 30.3 Å². The summed E-state index contributed by atoms with van der Waals surface area (Å²) in [5.74, 6) is 0.929. The summed E-state index contributed by atoms with van der Waals surface area (Å²) < 4.78 is 10.8. The standard InChI is InChI=1S/C11H20NOPSi/c1-14(2,12-15(3,4)5)13-11-9-7-6-8-10-11/h6-10H,1-5H3. The van der Waals surface area contributed by atoms with Crippen molar-refractivity contribution in [1.82, 2.24) is 0 Å². The molecule has 4 heteroatoms. The third-order valence-corrected chi connectivity index (χ3v) is 6.60. The molecule has 0 saturated carbocycles. The Hall–Kier alpha value is -0.533. The lowest BCUT2D eigenvalue weighted by molar-refractivity contribution is 0.614. The Morgan fingerprint density at radius 1 is 1.07 bits per heavy atom. The number of rotatable bonds is 3. The first-order valence-electron chi connectivity index (χ1n) is 5.12. The maximum atomic E-state index is 5.96. The fourth-order valence-electron chi connectivity index (χ4n) is 1.48. The highest BCUT2D eigenvalue weighted by molar-refractivity contribution is 7.61. The zero-order valence-electron chi connectivity index (χ0n) is 10.2. The van der Waals surface area contributed by atoms with Crippen molar-refractivity contribution in [3.8, 4) is 5.75 Å². The molecule has 1 aromatic rings. The lowest BCUT2D eigenvalue weighted by Gasteiger charge is -2.21. The van der Waals surface area contributed by atoms with E-state index in [1.54, 1.807) is 0 Å². The Morgan fingerprint density at radius 2 is 1.60 bits per heavy atom. The van der Waals surface area contributed by atoms with Crippen molar-refractivity contribution in [3.63, 3.8) is 0 Å². The van der Waals surface area contributed by atoms with Gasteiger partial charge in [0.15, 0.2) is 8.24 Å². The summed E-state index contributed by atoms with van der Waals surface area (Å²) in [6.07, 6.45) is 0. The molecular weight excluding hydrogens is 221 g/mol. The van der Waals surface area contributed by atoms with Crippen LogP contribution in [0.1, 0.15) is 0 Å². The van der Waals surface area contributed by atoms with Gasteiger partial charge in [0.1, 0.15) is 13.0 Å². The molecule has 0 fully saturated rings. The molecule has 0 atom stereocenters. The molecule has 0 saturated heterocycles. The van der Waals surface area contributed by atoms with Crippen LogP contribution >= 0.6 is 7.28 Å². The second-order valence-electron chi connectivity index (χ2n) is 4.97. The van der Waals surface area contributed by atoms with E-state index in [2.05, 4.69) is 33.0 Å². The Kier molecular flexibility index (Phi) is 3.80. The Morgan fingerprint density at radius 3 is 2.07 bits per heavy atom. The number of para-hydroxylation sites is 1. The summed E-state index contributed by atoms with van der Waals surface area (Å²) >= 11 is 0. The van der Waals surface area contributed by atoms with Crippen molar-refractivity contribution in [3.05, 3.63) is 30.3 Å². The van der Waals surface area contributed by atoms with Gasteiger partial charge in [0, 0.05) is 13.3 Å². The van der Waals surface area contributed by atoms with Gasteiger partial charge in [0.2, 0.25) is 0 Å². The van der Waals surface area contributed by atoms with Gasteiger partial charge >= 0.3 is 0 Å². The largest absolute Gasteiger partial charge is 0.461 e. The van der Waals surface area contributed by atoms with E-state index in [9.17, 15) is 0 Å². The van der Waals surface area contributed by atoms with Crippen LogP contribution in [-0.2, 0) is 0 Å². The lowest BCUT2D eigenvalue weighted by atomic mass is 10.3. The summed E-state index contributed by atoms with van der Waals surface area (Å²) in [5, 5.41) is 0. The van der Waals surface area contributed by atoms with Crippen LogP contribution in [0.4, 0.5) is 0 Å². The monoisotopic (exact) mass is 241 g/mol. The predicted octanol–water partition coefficient (Wildman–Crippen LogP) is 4.28.